The zero-order valence-electron chi connectivity index (χ0n) is 8.21. The zero-order chi connectivity index (χ0) is 11.3. The Labute approximate surface area is 85.8 Å². The first-order valence-corrected chi connectivity index (χ1v) is 4.22. The molecule has 0 bridgehead atoms. The van der Waals surface area contributed by atoms with Crippen LogP contribution in [-0.4, -0.2) is 46.4 Å². The van der Waals surface area contributed by atoms with E-state index < -0.39 is 5.91 Å². The first kappa shape index (κ1) is 11.1. The highest BCUT2D eigenvalue weighted by Gasteiger charge is 2.09. The SMILES string of the molecule is CN(CCO)N=Nc1[nH]ncc1C(N)=O. The van der Waals surface area contributed by atoms with Gasteiger partial charge in [0, 0.05) is 7.05 Å². The largest absolute Gasteiger partial charge is 0.394 e. The number of nitrogens with zero attached hydrogens (tertiary/aromatic N) is 4. The van der Waals surface area contributed by atoms with Gasteiger partial charge in [-0.3, -0.25) is 14.9 Å². The van der Waals surface area contributed by atoms with E-state index in [0.717, 1.165) is 0 Å². The zero-order valence-corrected chi connectivity index (χ0v) is 8.21. The molecule has 8 heteroatoms. The van der Waals surface area contributed by atoms with Crippen molar-refractivity contribution < 1.29 is 9.90 Å². The molecule has 0 aliphatic carbocycles. The minimum atomic E-state index is -0.623. The normalized spacial score (nSPS) is 10.8. The molecule has 0 saturated carbocycles. The van der Waals surface area contributed by atoms with Crippen LogP contribution in [0.2, 0.25) is 0 Å². The number of aliphatic hydroxyl groups excluding tert-OH is 1. The molecule has 15 heavy (non-hydrogen) atoms. The molecule has 1 rings (SSSR count). The second-order valence-corrected chi connectivity index (χ2v) is 2.79. The third kappa shape index (κ3) is 3.02. The summed E-state index contributed by atoms with van der Waals surface area (Å²) in [4.78, 5) is 10.9. The fourth-order valence-corrected chi connectivity index (χ4v) is 0.846. The molecule has 0 aliphatic heterocycles. The maximum Gasteiger partial charge on any atom is 0.254 e. The summed E-state index contributed by atoms with van der Waals surface area (Å²) in [6.45, 7) is 0.324. The van der Waals surface area contributed by atoms with Gasteiger partial charge in [-0.05, 0) is 0 Å². The van der Waals surface area contributed by atoms with E-state index in [-0.39, 0.29) is 18.0 Å². The van der Waals surface area contributed by atoms with Crippen LogP contribution in [0.25, 0.3) is 0 Å². The lowest BCUT2D eigenvalue weighted by molar-refractivity contribution is 0.100. The number of carbonyl (C=O) groups is 1. The van der Waals surface area contributed by atoms with Crippen LogP contribution < -0.4 is 5.73 Å². The van der Waals surface area contributed by atoms with E-state index in [9.17, 15) is 4.79 Å². The molecular weight excluding hydrogens is 200 g/mol. The highest BCUT2D eigenvalue weighted by atomic mass is 16.3. The van der Waals surface area contributed by atoms with Gasteiger partial charge < -0.3 is 10.8 Å². The van der Waals surface area contributed by atoms with Crippen molar-refractivity contribution in [3.8, 4) is 0 Å². The minimum Gasteiger partial charge on any atom is -0.394 e. The van der Waals surface area contributed by atoms with Crippen LogP contribution >= 0.6 is 0 Å². The maximum atomic E-state index is 10.9. The van der Waals surface area contributed by atoms with Crippen LogP contribution in [0.5, 0.6) is 0 Å². The van der Waals surface area contributed by atoms with Crippen LogP contribution in [0, 0.1) is 0 Å². The number of nitrogens with two attached hydrogens (primary N) is 1. The molecule has 0 saturated heterocycles. The molecule has 0 fully saturated rings. The topological polar surface area (TPSA) is 120 Å². The Balaban J connectivity index is 2.71. The smallest absolute Gasteiger partial charge is 0.254 e. The number of aromatic nitrogens is 2. The molecule has 0 spiro atoms. The lowest BCUT2D eigenvalue weighted by Crippen LogP contribution is -2.14. The Morgan fingerprint density at radius 2 is 2.53 bits per heavy atom. The van der Waals surface area contributed by atoms with Gasteiger partial charge >= 0.3 is 0 Å². The number of primary amides is 1. The average molecular weight is 212 g/mol. The number of carbonyl (C=O) groups excluding carboxylic acids is 1. The summed E-state index contributed by atoms with van der Waals surface area (Å²) in [6, 6.07) is 0. The highest BCUT2D eigenvalue weighted by molar-refractivity contribution is 5.96. The minimum absolute atomic E-state index is 0.0266. The predicted molar refractivity (Wildman–Crippen MR) is 51.3 cm³/mol. The summed E-state index contributed by atoms with van der Waals surface area (Å²) in [7, 11) is 1.64. The molecular formula is C7H12N6O2. The quantitative estimate of drug-likeness (QED) is 0.447. The summed E-state index contributed by atoms with van der Waals surface area (Å²) in [6.07, 6.45) is 1.28. The molecule has 0 aliphatic rings. The Bertz CT molecular complexity index is 360. The molecule has 1 aromatic rings. The van der Waals surface area contributed by atoms with Gasteiger partial charge in [0.25, 0.3) is 5.91 Å². The van der Waals surface area contributed by atoms with E-state index >= 15 is 0 Å². The van der Waals surface area contributed by atoms with Crippen molar-refractivity contribution in [2.24, 2.45) is 16.1 Å². The Hall–Kier alpha value is -1.96. The number of aromatic amines is 1. The summed E-state index contributed by atoms with van der Waals surface area (Å²) in [5, 5.41) is 23.6. The van der Waals surface area contributed by atoms with E-state index in [0.29, 0.717) is 6.54 Å². The number of nitrogens with one attached hydrogen (secondary N) is 1. The van der Waals surface area contributed by atoms with Gasteiger partial charge in [-0.15, -0.1) is 5.11 Å². The number of likely N-dealkylation sites (N-methyl/N-ethyl adjacent to an activating group) is 1. The monoisotopic (exact) mass is 212 g/mol. The number of hydrogen-bond donors (Lipinski definition) is 3. The predicted octanol–water partition coefficient (Wildman–Crippen LogP) is -0.569. The second kappa shape index (κ2) is 5.05. The molecule has 1 heterocycles. The Morgan fingerprint density at radius 1 is 1.80 bits per heavy atom. The Kier molecular flexibility index (Phi) is 3.75. The molecule has 0 unspecified atom stereocenters. The number of aliphatic hydroxyl groups is 1. The standard InChI is InChI=1S/C7H12N6O2/c1-13(2-3-14)12-11-7-5(6(8)15)4-9-10-7/h4,14H,2-3H2,1H3,(H2,8,15)(H,9,10). The fraction of sp³-hybridized carbons (Fsp3) is 0.429. The molecule has 4 N–H and O–H groups in total. The highest BCUT2D eigenvalue weighted by Crippen LogP contribution is 2.14. The van der Waals surface area contributed by atoms with Crippen LogP contribution in [0.4, 0.5) is 5.82 Å². The molecule has 82 valence electrons. The van der Waals surface area contributed by atoms with Crippen molar-refractivity contribution in [2.45, 2.75) is 0 Å². The van der Waals surface area contributed by atoms with E-state index in [1.54, 1.807) is 7.05 Å². The first-order valence-electron chi connectivity index (χ1n) is 4.22. The van der Waals surface area contributed by atoms with Gasteiger partial charge in [0.1, 0.15) is 5.56 Å². The van der Waals surface area contributed by atoms with E-state index in [4.69, 9.17) is 10.8 Å². The van der Waals surface area contributed by atoms with E-state index in [1.807, 2.05) is 0 Å². The average Bonchev–Trinajstić information content (AvgIpc) is 2.63. The van der Waals surface area contributed by atoms with Crippen molar-refractivity contribution in [2.75, 3.05) is 20.2 Å². The lowest BCUT2D eigenvalue weighted by Gasteiger charge is -2.07. The van der Waals surface area contributed by atoms with Crippen molar-refractivity contribution in [1.29, 1.82) is 0 Å². The van der Waals surface area contributed by atoms with Crippen LogP contribution in [0.1, 0.15) is 10.4 Å². The van der Waals surface area contributed by atoms with Crippen LogP contribution in [0.15, 0.2) is 16.5 Å². The van der Waals surface area contributed by atoms with Crippen molar-refractivity contribution in [3.05, 3.63) is 11.8 Å². The molecule has 0 atom stereocenters. The van der Waals surface area contributed by atoms with Crippen molar-refractivity contribution in [1.82, 2.24) is 15.2 Å². The van der Waals surface area contributed by atoms with Gasteiger partial charge in [0.15, 0.2) is 5.82 Å². The molecule has 8 nitrogen and oxygen atoms in total. The lowest BCUT2D eigenvalue weighted by atomic mass is 10.3. The summed E-state index contributed by atoms with van der Waals surface area (Å²) < 4.78 is 0. The molecule has 0 radical (unpaired) electrons. The summed E-state index contributed by atoms with van der Waals surface area (Å²) >= 11 is 0. The fourth-order valence-electron chi connectivity index (χ4n) is 0.846. The summed E-state index contributed by atoms with van der Waals surface area (Å²) in [5.41, 5.74) is 5.25. The van der Waals surface area contributed by atoms with Gasteiger partial charge in [-0.2, -0.15) is 5.10 Å². The molecule has 1 amide bonds. The van der Waals surface area contributed by atoms with Gasteiger partial charge in [-0.25, -0.2) is 0 Å². The Morgan fingerprint density at radius 3 is 3.13 bits per heavy atom. The van der Waals surface area contributed by atoms with Crippen molar-refractivity contribution >= 4 is 11.7 Å². The third-order valence-electron chi connectivity index (χ3n) is 1.61. The van der Waals surface area contributed by atoms with E-state index in [1.165, 1.54) is 11.2 Å². The molecule has 1 aromatic heterocycles. The summed E-state index contributed by atoms with van der Waals surface area (Å²) in [5.74, 6) is -0.421. The first-order chi connectivity index (χ1) is 7.15. The van der Waals surface area contributed by atoms with Gasteiger partial charge in [-0.1, -0.05) is 5.22 Å². The van der Waals surface area contributed by atoms with E-state index in [2.05, 4.69) is 20.5 Å². The van der Waals surface area contributed by atoms with Gasteiger partial charge in [0.05, 0.1) is 19.3 Å². The molecule has 0 aromatic carbocycles. The van der Waals surface area contributed by atoms with Crippen LogP contribution in [0.3, 0.4) is 0 Å². The number of hydrogen-bond acceptors (Lipinski definition) is 5. The number of H-pyrrole nitrogens is 1. The third-order valence-corrected chi connectivity index (χ3v) is 1.61. The van der Waals surface area contributed by atoms with Crippen LogP contribution in [-0.2, 0) is 0 Å². The van der Waals surface area contributed by atoms with Gasteiger partial charge in [0.2, 0.25) is 0 Å². The number of rotatable bonds is 5. The van der Waals surface area contributed by atoms with Crippen molar-refractivity contribution in [3.63, 3.8) is 0 Å². The second-order valence-electron chi connectivity index (χ2n) is 2.79. The maximum absolute atomic E-state index is 10.9. The number of amides is 1.